The highest BCUT2D eigenvalue weighted by Crippen LogP contribution is 2.37. The van der Waals surface area contributed by atoms with Crippen LogP contribution in [0.15, 0.2) is 30.3 Å². The first-order valence-electron chi connectivity index (χ1n) is 8.73. The van der Waals surface area contributed by atoms with E-state index >= 15 is 0 Å². The van der Waals surface area contributed by atoms with E-state index in [2.05, 4.69) is 10.2 Å². The van der Waals surface area contributed by atoms with Gasteiger partial charge < -0.3 is 15.0 Å². The summed E-state index contributed by atoms with van der Waals surface area (Å²) in [5, 5.41) is 3.96. The fourth-order valence-corrected chi connectivity index (χ4v) is 4.49. The number of likely N-dealkylation sites (N-methyl/N-ethyl adjacent to an activating group) is 1. The van der Waals surface area contributed by atoms with Crippen molar-refractivity contribution in [1.29, 1.82) is 0 Å². The number of hydrogen-bond donors (Lipinski definition) is 1. The van der Waals surface area contributed by atoms with Crippen molar-refractivity contribution >= 4 is 45.9 Å². The second-order valence-electron chi connectivity index (χ2n) is 6.26. The molecule has 0 atom stereocenters. The zero-order chi connectivity index (χ0) is 19.4. The summed E-state index contributed by atoms with van der Waals surface area (Å²) >= 11 is 7.54. The van der Waals surface area contributed by atoms with E-state index in [1.165, 1.54) is 17.4 Å². The monoisotopic (exact) mass is 404 g/mol. The first kappa shape index (κ1) is 19.6. The maximum atomic E-state index is 12.5. The number of amides is 1. The third-order valence-electron chi connectivity index (χ3n) is 4.28. The Hall–Kier alpha value is -2.15. The minimum Gasteiger partial charge on any atom is -0.462 e. The summed E-state index contributed by atoms with van der Waals surface area (Å²) in [6, 6.07) is 7.28. The minimum atomic E-state index is -0.384. The van der Waals surface area contributed by atoms with Crippen LogP contribution in [0.4, 0.5) is 5.00 Å². The van der Waals surface area contributed by atoms with Crippen LogP contribution in [-0.4, -0.2) is 37.0 Å². The molecular formula is C20H21ClN2O3S. The highest BCUT2D eigenvalue weighted by Gasteiger charge is 2.28. The zero-order valence-electron chi connectivity index (χ0n) is 15.3. The third kappa shape index (κ3) is 4.58. The predicted molar refractivity (Wildman–Crippen MR) is 109 cm³/mol. The van der Waals surface area contributed by atoms with Crippen LogP contribution in [0, 0.1) is 0 Å². The van der Waals surface area contributed by atoms with Crippen LogP contribution in [0.3, 0.4) is 0 Å². The van der Waals surface area contributed by atoms with Crippen molar-refractivity contribution in [1.82, 2.24) is 4.90 Å². The van der Waals surface area contributed by atoms with Gasteiger partial charge in [0.2, 0.25) is 5.91 Å². The van der Waals surface area contributed by atoms with Crippen molar-refractivity contribution in [2.45, 2.75) is 19.9 Å². The molecule has 0 saturated heterocycles. The fourth-order valence-electron chi connectivity index (χ4n) is 2.97. The maximum absolute atomic E-state index is 12.5. The summed E-state index contributed by atoms with van der Waals surface area (Å²) in [6.07, 6.45) is 3.84. The van der Waals surface area contributed by atoms with E-state index in [1.54, 1.807) is 19.1 Å². The lowest BCUT2D eigenvalue weighted by Gasteiger charge is -2.22. The van der Waals surface area contributed by atoms with Crippen LogP contribution in [-0.2, 0) is 22.5 Å². The molecule has 0 fully saturated rings. The summed E-state index contributed by atoms with van der Waals surface area (Å²) in [5.74, 6) is -0.697. The molecule has 1 aromatic heterocycles. The first-order valence-corrected chi connectivity index (χ1v) is 9.92. The zero-order valence-corrected chi connectivity index (χ0v) is 16.8. The van der Waals surface area contributed by atoms with Gasteiger partial charge in [-0.2, -0.15) is 0 Å². The second kappa shape index (κ2) is 8.69. The molecule has 142 valence electrons. The van der Waals surface area contributed by atoms with Crippen LogP contribution in [0.25, 0.3) is 6.08 Å². The van der Waals surface area contributed by atoms with Gasteiger partial charge in [0.1, 0.15) is 5.00 Å². The lowest BCUT2D eigenvalue weighted by molar-refractivity contribution is -0.111. The molecule has 0 aliphatic carbocycles. The van der Waals surface area contributed by atoms with Crippen molar-refractivity contribution in [2.75, 3.05) is 25.5 Å². The second-order valence-corrected chi connectivity index (χ2v) is 7.77. The molecule has 5 nitrogen and oxygen atoms in total. The molecule has 1 aliphatic heterocycles. The average molecular weight is 405 g/mol. The number of ether oxygens (including phenoxy) is 1. The first-order chi connectivity index (χ1) is 13.0. The number of rotatable bonds is 5. The number of nitrogens with one attached hydrogen (secondary N) is 1. The molecule has 0 spiro atoms. The topological polar surface area (TPSA) is 58.6 Å². The maximum Gasteiger partial charge on any atom is 0.341 e. The minimum absolute atomic E-state index is 0.295. The molecule has 2 aromatic rings. The molecule has 7 heteroatoms. The van der Waals surface area contributed by atoms with Crippen molar-refractivity contribution in [3.8, 4) is 0 Å². The Kier molecular flexibility index (Phi) is 6.31. The lowest BCUT2D eigenvalue weighted by Crippen LogP contribution is -2.26. The molecule has 1 aromatic carbocycles. The van der Waals surface area contributed by atoms with E-state index in [4.69, 9.17) is 16.3 Å². The van der Waals surface area contributed by atoms with Crippen molar-refractivity contribution in [3.63, 3.8) is 0 Å². The summed E-state index contributed by atoms with van der Waals surface area (Å²) in [7, 11) is 2.04. The van der Waals surface area contributed by atoms with E-state index in [1.807, 2.05) is 25.2 Å². The Morgan fingerprint density at radius 1 is 1.37 bits per heavy atom. The Morgan fingerprint density at radius 2 is 2.15 bits per heavy atom. The van der Waals surface area contributed by atoms with Gasteiger partial charge in [-0.1, -0.05) is 29.8 Å². The van der Waals surface area contributed by atoms with Crippen LogP contribution >= 0.6 is 22.9 Å². The van der Waals surface area contributed by atoms with Crippen LogP contribution in [0.2, 0.25) is 5.02 Å². The summed E-state index contributed by atoms with van der Waals surface area (Å²) < 4.78 is 5.21. The molecule has 0 radical (unpaired) electrons. The van der Waals surface area contributed by atoms with Gasteiger partial charge in [-0.25, -0.2) is 4.79 Å². The molecular weight excluding hydrogens is 384 g/mol. The van der Waals surface area contributed by atoms with Crippen molar-refractivity contribution in [2.24, 2.45) is 0 Å². The van der Waals surface area contributed by atoms with E-state index in [-0.39, 0.29) is 11.9 Å². The normalized spacial score (nSPS) is 14.2. The third-order valence-corrected chi connectivity index (χ3v) is 5.76. The fraction of sp³-hybridized carbons (Fsp3) is 0.300. The standard InChI is InChI=1S/C20H21ClN2O3S/c1-3-26-20(25)18-14-10-11-23(2)12-16(14)27-19(18)22-17(24)9-8-13-6-4-5-7-15(13)21/h4-9H,3,10-12H2,1-2H3,(H,22,24). The Balaban J connectivity index is 1.84. The Bertz CT molecular complexity index is 891. The van der Waals surface area contributed by atoms with Gasteiger partial charge in [-0.15, -0.1) is 11.3 Å². The molecule has 3 rings (SSSR count). The van der Waals surface area contributed by atoms with Gasteiger partial charge >= 0.3 is 5.97 Å². The quantitative estimate of drug-likeness (QED) is 0.598. The van der Waals surface area contributed by atoms with Crippen LogP contribution in [0.1, 0.15) is 33.3 Å². The highest BCUT2D eigenvalue weighted by molar-refractivity contribution is 7.17. The number of carbonyl (C=O) groups excluding carboxylic acids is 2. The summed E-state index contributed by atoms with van der Waals surface area (Å²) in [4.78, 5) is 28.2. The van der Waals surface area contributed by atoms with E-state index in [9.17, 15) is 9.59 Å². The number of hydrogen-bond acceptors (Lipinski definition) is 5. The molecule has 0 saturated carbocycles. The largest absolute Gasteiger partial charge is 0.462 e. The smallest absolute Gasteiger partial charge is 0.341 e. The van der Waals surface area contributed by atoms with Gasteiger partial charge in [0.25, 0.3) is 0 Å². The Morgan fingerprint density at radius 3 is 2.89 bits per heavy atom. The lowest BCUT2D eigenvalue weighted by atomic mass is 10.0. The van der Waals surface area contributed by atoms with Crippen molar-refractivity contribution in [3.05, 3.63) is 56.9 Å². The van der Waals surface area contributed by atoms with Gasteiger partial charge in [0, 0.05) is 29.1 Å². The average Bonchev–Trinajstić information content (AvgIpc) is 2.98. The van der Waals surface area contributed by atoms with Gasteiger partial charge in [0.05, 0.1) is 12.2 Å². The predicted octanol–water partition coefficient (Wildman–Crippen LogP) is 4.22. The number of fused-ring (bicyclic) bond motifs is 1. The number of benzene rings is 1. The van der Waals surface area contributed by atoms with E-state index < -0.39 is 0 Å². The number of thiophene rings is 1. The number of carbonyl (C=O) groups is 2. The Labute approximate surface area is 167 Å². The van der Waals surface area contributed by atoms with Crippen LogP contribution < -0.4 is 5.32 Å². The van der Waals surface area contributed by atoms with Gasteiger partial charge in [-0.3, -0.25) is 4.79 Å². The summed E-state index contributed by atoms with van der Waals surface area (Å²) in [5.41, 5.74) is 2.23. The highest BCUT2D eigenvalue weighted by atomic mass is 35.5. The molecule has 1 N–H and O–H groups in total. The molecule has 1 aliphatic rings. The number of anilines is 1. The van der Waals surface area contributed by atoms with Gasteiger partial charge in [0.15, 0.2) is 0 Å². The van der Waals surface area contributed by atoms with Gasteiger partial charge in [-0.05, 0) is 43.7 Å². The molecule has 0 unspecified atom stereocenters. The number of esters is 1. The molecule has 1 amide bonds. The van der Waals surface area contributed by atoms with E-state index in [0.29, 0.717) is 22.2 Å². The van der Waals surface area contributed by atoms with E-state index in [0.717, 1.165) is 35.5 Å². The SMILES string of the molecule is CCOC(=O)c1c(NC(=O)C=Cc2ccccc2Cl)sc2c1CCN(C)C2. The van der Waals surface area contributed by atoms with Crippen molar-refractivity contribution < 1.29 is 14.3 Å². The molecule has 0 bridgehead atoms. The van der Waals surface area contributed by atoms with Crippen LogP contribution in [0.5, 0.6) is 0 Å². The summed E-state index contributed by atoms with van der Waals surface area (Å²) in [6.45, 7) is 3.70. The molecule has 2 heterocycles. The number of nitrogens with zero attached hydrogens (tertiary/aromatic N) is 1. The number of halogens is 1. The molecule has 27 heavy (non-hydrogen) atoms.